The Bertz CT molecular complexity index is 225. The smallest absolute Gasteiger partial charge is 0.318 e. The second kappa shape index (κ2) is 5.07. The molecule has 0 aromatic heterocycles. The summed E-state index contributed by atoms with van der Waals surface area (Å²) in [6.07, 6.45) is 2.00. The third kappa shape index (κ3) is 3.91. The van der Waals surface area contributed by atoms with E-state index in [0.717, 1.165) is 26.2 Å². The van der Waals surface area contributed by atoms with Gasteiger partial charge in [-0.05, 0) is 27.2 Å². The van der Waals surface area contributed by atoms with Crippen molar-refractivity contribution in [1.82, 2.24) is 15.1 Å². The van der Waals surface area contributed by atoms with E-state index >= 15 is 0 Å². The van der Waals surface area contributed by atoms with Gasteiger partial charge in [-0.3, -0.25) is 0 Å². The molecule has 15 heavy (non-hydrogen) atoms. The minimum Gasteiger partial charge on any atom is -0.324 e. The van der Waals surface area contributed by atoms with E-state index in [9.17, 15) is 4.79 Å². The number of hydrogen-bond donors (Lipinski definition) is 1. The Labute approximate surface area is 96.4 Å². The molecule has 0 spiro atoms. The molecule has 4 nitrogen and oxygen atoms in total. The van der Waals surface area contributed by atoms with E-state index in [1.807, 2.05) is 25.0 Å². The average Bonchev–Trinajstić information content (AvgIpc) is 2.18. The summed E-state index contributed by atoms with van der Waals surface area (Å²) in [5.41, 5.74) is 0. The van der Waals surface area contributed by atoms with Crippen molar-refractivity contribution >= 4 is 17.8 Å². The number of thioether (sulfide) groups is 1. The van der Waals surface area contributed by atoms with Crippen molar-refractivity contribution in [3.05, 3.63) is 0 Å². The summed E-state index contributed by atoms with van der Waals surface area (Å²) in [6.45, 7) is 7.62. The van der Waals surface area contributed by atoms with E-state index in [0.29, 0.717) is 0 Å². The fourth-order valence-electron chi connectivity index (χ4n) is 1.40. The Morgan fingerprint density at radius 1 is 1.27 bits per heavy atom. The van der Waals surface area contributed by atoms with Crippen molar-refractivity contribution in [3.63, 3.8) is 0 Å². The zero-order chi connectivity index (χ0) is 11.5. The third-order valence-electron chi connectivity index (χ3n) is 2.71. The van der Waals surface area contributed by atoms with Crippen LogP contribution in [-0.4, -0.2) is 60.2 Å². The number of amides is 2. The quantitative estimate of drug-likeness (QED) is 0.721. The predicted molar refractivity (Wildman–Crippen MR) is 65.2 cm³/mol. The van der Waals surface area contributed by atoms with E-state index in [2.05, 4.69) is 17.3 Å². The predicted octanol–water partition coefficient (Wildman–Crippen LogP) is 1.04. The van der Waals surface area contributed by atoms with Crippen molar-refractivity contribution in [2.24, 2.45) is 0 Å². The van der Waals surface area contributed by atoms with Gasteiger partial charge in [0.1, 0.15) is 0 Å². The molecule has 0 aliphatic carbocycles. The molecule has 1 heterocycles. The Morgan fingerprint density at radius 3 is 2.27 bits per heavy atom. The Morgan fingerprint density at radius 2 is 1.80 bits per heavy atom. The van der Waals surface area contributed by atoms with Crippen LogP contribution in [0, 0.1) is 0 Å². The van der Waals surface area contributed by atoms with Gasteiger partial charge in [-0.1, -0.05) is 0 Å². The molecule has 1 aliphatic heterocycles. The Balaban J connectivity index is 2.41. The van der Waals surface area contributed by atoms with Crippen molar-refractivity contribution in [3.8, 4) is 0 Å². The van der Waals surface area contributed by atoms with Crippen LogP contribution < -0.4 is 5.32 Å². The molecule has 1 N–H and O–H groups in total. The van der Waals surface area contributed by atoms with Crippen molar-refractivity contribution in [2.75, 3.05) is 39.5 Å². The zero-order valence-electron chi connectivity index (χ0n) is 10.0. The molecule has 1 fully saturated rings. The standard InChI is InChI=1S/C10H21N3OS/c1-10(2,15-4)11-9(14)13-7-5-12(3)6-8-13/h5-8H2,1-4H3,(H,11,14). The van der Waals surface area contributed by atoms with Gasteiger partial charge in [0.15, 0.2) is 0 Å². The van der Waals surface area contributed by atoms with Gasteiger partial charge in [0.2, 0.25) is 0 Å². The van der Waals surface area contributed by atoms with Crippen LogP contribution >= 0.6 is 11.8 Å². The van der Waals surface area contributed by atoms with Crippen LogP contribution in [-0.2, 0) is 0 Å². The first kappa shape index (κ1) is 12.6. The molecule has 0 atom stereocenters. The highest BCUT2D eigenvalue weighted by atomic mass is 32.2. The third-order valence-corrected chi connectivity index (χ3v) is 3.83. The molecule has 0 bridgehead atoms. The molecule has 0 unspecified atom stereocenters. The van der Waals surface area contributed by atoms with Crippen LogP contribution in [0.2, 0.25) is 0 Å². The van der Waals surface area contributed by atoms with Gasteiger partial charge < -0.3 is 15.1 Å². The maximum atomic E-state index is 11.9. The van der Waals surface area contributed by atoms with Gasteiger partial charge in [0, 0.05) is 26.2 Å². The summed E-state index contributed by atoms with van der Waals surface area (Å²) in [6, 6.07) is 0.0578. The first-order valence-electron chi connectivity index (χ1n) is 5.25. The number of carbonyl (C=O) groups excluding carboxylic acids is 1. The number of piperazine rings is 1. The molecule has 88 valence electrons. The molecule has 5 heteroatoms. The Hall–Kier alpha value is -0.420. The van der Waals surface area contributed by atoms with Gasteiger partial charge in [-0.15, -0.1) is 11.8 Å². The van der Waals surface area contributed by atoms with Crippen LogP contribution in [0.1, 0.15) is 13.8 Å². The molecule has 0 radical (unpaired) electrons. The largest absolute Gasteiger partial charge is 0.324 e. The number of carbonyl (C=O) groups is 1. The van der Waals surface area contributed by atoms with Crippen LogP contribution in [0.5, 0.6) is 0 Å². The first-order valence-corrected chi connectivity index (χ1v) is 6.48. The highest BCUT2D eigenvalue weighted by Crippen LogP contribution is 2.17. The molecule has 0 aromatic rings. The van der Waals surface area contributed by atoms with Crippen LogP contribution in [0.4, 0.5) is 4.79 Å². The average molecular weight is 231 g/mol. The van der Waals surface area contributed by atoms with Gasteiger partial charge in [-0.25, -0.2) is 4.79 Å². The first-order chi connectivity index (χ1) is 6.94. The molecule has 1 saturated heterocycles. The monoisotopic (exact) mass is 231 g/mol. The van der Waals surface area contributed by atoms with Crippen molar-refractivity contribution in [2.45, 2.75) is 18.7 Å². The summed E-state index contributed by atoms with van der Waals surface area (Å²) in [4.78, 5) is 15.8. The Kier molecular flexibility index (Phi) is 4.28. The SMILES string of the molecule is CSC(C)(C)NC(=O)N1CCN(C)CC1. The van der Waals surface area contributed by atoms with Gasteiger partial charge in [0.05, 0.1) is 4.87 Å². The molecule has 0 saturated carbocycles. The second-order valence-corrected chi connectivity index (χ2v) is 5.86. The minimum atomic E-state index is -0.180. The maximum Gasteiger partial charge on any atom is 0.318 e. The highest BCUT2D eigenvalue weighted by molar-refractivity contribution is 7.99. The lowest BCUT2D eigenvalue weighted by atomic mass is 10.3. The lowest BCUT2D eigenvalue weighted by molar-refractivity contribution is 0.151. The van der Waals surface area contributed by atoms with E-state index in [1.54, 1.807) is 11.8 Å². The van der Waals surface area contributed by atoms with Gasteiger partial charge in [-0.2, -0.15) is 0 Å². The van der Waals surface area contributed by atoms with Crippen LogP contribution in [0.15, 0.2) is 0 Å². The number of likely N-dealkylation sites (N-methyl/N-ethyl adjacent to an activating group) is 1. The molecule has 1 aliphatic rings. The highest BCUT2D eigenvalue weighted by Gasteiger charge is 2.24. The summed E-state index contributed by atoms with van der Waals surface area (Å²) in [5, 5.41) is 3.02. The summed E-state index contributed by atoms with van der Waals surface area (Å²) in [5.74, 6) is 0. The fourth-order valence-corrected chi connectivity index (χ4v) is 1.59. The molecular formula is C10H21N3OS. The lowest BCUT2D eigenvalue weighted by Gasteiger charge is -2.35. The molecule has 1 rings (SSSR count). The topological polar surface area (TPSA) is 35.6 Å². The number of nitrogens with one attached hydrogen (secondary N) is 1. The fraction of sp³-hybridized carbons (Fsp3) is 0.900. The van der Waals surface area contributed by atoms with Crippen LogP contribution in [0.25, 0.3) is 0 Å². The molecular weight excluding hydrogens is 210 g/mol. The second-order valence-electron chi connectivity index (χ2n) is 4.43. The van der Waals surface area contributed by atoms with E-state index in [1.165, 1.54) is 0 Å². The molecule has 0 aromatic carbocycles. The molecule has 2 amide bonds. The number of hydrogen-bond acceptors (Lipinski definition) is 3. The summed E-state index contributed by atoms with van der Waals surface area (Å²) >= 11 is 1.65. The minimum absolute atomic E-state index is 0.0578. The lowest BCUT2D eigenvalue weighted by Crippen LogP contribution is -2.54. The van der Waals surface area contributed by atoms with Gasteiger partial charge in [0.25, 0.3) is 0 Å². The normalized spacial score (nSPS) is 19.1. The van der Waals surface area contributed by atoms with Crippen molar-refractivity contribution < 1.29 is 4.79 Å². The number of nitrogens with zero attached hydrogens (tertiary/aromatic N) is 2. The van der Waals surface area contributed by atoms with Crippen LogP contribution in [0.3, 0.4) is 0 Å². The van der Waals surface area contributed by atoms with Gasteiger partial charge >= 0.3 is 6.03 Å². The van der Waals surface area contributed by atoms with Crippen molar-refractivity contribution in [1.29, 1.82) is 0 Å². The van der Waals surface area contributed by atoms with E-state index in [-0.39, 0.29) is 10.9 Å². The number of urea groups is 1. The zero-order valence-corrected chi connectivity index (χ0v) is 10.9. The summed E-state index contributed by atoms with van der Waals surface area (Å²) in [7, 11) is 2.08. The summed E-state index contributed by atoms with van der Waals surface area (Å²) < 4.78 is 0. The maximum absolute atomic E-state index is 11.9. The van der Waals surface area contributed by atoms with E-state index < -0.39 is 0 Å². The number of rotatable bonds is 2. The van der Waals surface area contributed by atoms with E-state index in [4.69, 9.17) is 0 Å².